The van der Waals surface area contributed by atoms with Crippen LogP contribution in [0.3, 0.4) is 0 Å². The molecule has 0 aliphatic rings. The third kappa shape index (κ3) is 3.62. The monoisotopic (exact) mass is 457 g/mol. The molecule has 1 aromatic carbocycles. The van der Waals surface area contributed by atoms with E-state index < -0.39 is 0 Å². The summed E-state index contributed by atoms with van der Waals surface area (Å²) in [6.45, 7) is 3.77. The van der Waals surface area contributed by atoms with Gasteiger partial charge in [-0.05, 0) is 49.8 Å². The molecule has 0 unspecified atom stereocenters. The van der Waals surface area contributed by atoms with Crippen molar-refractivity contribution in [2.45, 2.75) is 13.8 Å². The Bertz CT molecular complexity index is 1580. The van der Waals surface area contributed by atoms with Crippen molar-refractivity contribution in [2.24, 2.45) is 0 Å². The third-order valence-electron chi connectivity index (χ3n) is 5.41. The minimum absolute atomic E-state index is 0.306. The molecule has 162 valence electrons. The number of aromatic nitrogens is 5. The second kappa shape index (κ2) is 8.11. The first-order chi connectivity index (χ1) is 16.0. The van der Waals surface area contributed by atoms with Crippen molar-refractivity contribution in [2.75, 3.05) is 0 Å². The number of halogens is 2. The number of benzene rings is 1. The average Bonchev–Trinajstić information content (AvgIpc) is 3.50. The lowest BCUT2D eigenvalue weighted by molar-refractivity contribution is 0.632. The topological polar surface area (TPSA) is 70.2 Å². The molecule has 0 aliphatic carbocycles. The summed E-state index contributed by atoms with van der Waals surface area (Å²) in [5, 5.41) is 7.66. The molecular weight excluding hydrogens is 440 g/mol. The molecule has 2 N–H and O–H groups in total. The minimum atomic E-state index is -0.371. The Hall–Kier alpha value is -4.09. The number of thiophene rings is 1. The van der Waals surface area contributed by atoms with E-state index in [9.17, 15) is 8.78 Å². The maximum Gasteiger partial charge on any atom is 0.176 e. The molecule has 0 radical (unpaired) electrons. The van der Waals surface area contributed by atoms with Crippen LogP contribution in [0, 0.1) is 37.1 Å². The number of imidazole rings is 1. The number of allylic oxidation sites excluding steroid dienone is 1. The van der Waals surface area contributed by atoms with E-state index in [4.69, 9.17) is 11.4 Å². The van der Waals surface area contributed by atoms with Crippen LogP contribution in [0.25, 0.3) is 39.1 Å². The Labute approximate surface area is 192 Å². The van der Waals surface area contributed by atoms with Gasteiger partial charge < -0.3 is 4.98 Å². The quantitative estimate of drug-likeness (QED) is 0.324. The largest absolute Gasteiger partial charge is 0.340 e. The molecule has 4 aromatic heterocycles. The predicted octanol–water partition coefficient (Wildman–Crippen LogP) is 6.04. The first kappa shape index (κ1) is 20.8. The molecule has 0 bridgehead atoms. The number of pyridine rings is 1. The van der Waals surface area contributed by atoms with E-state index in [1.165, 1.54) is 12.1 Å². The lowest BCUT2D eigenvalue weighted by Gasteiger charge is -2.07. The van der Waals surface area contributed by atoms with Crippen molar-refractivity contribution in [1.82, 2.24) is 25.1 Å². The summed E-state index contributed by atoms with van der Waals surface area (Å²) in [5.74, 6) is 2.63. The molecule has 0 saturated heterocycles. The van der Waals surface area contributed by atoms with Crippen molar-refractivity contribution in [3.05, 3.63) is 81.6 Å². The molecule has 8 heteroatoms. The van der Waals surface area contributed by atoms with E-state index >= 15 is 0 Å². The molecule has 0 atom stereocenters. The highest BCUT2D eigenvalue weighted by Gasteiger charge is 2.20. The first-order valence-electron chi connectivity index (χ1n) is 10.0. The molecule has 5 nitrogen and oxygen atoms in total. The highest BCUT2D eigenvalue weighted by Crippen LogP contribution is 2.35. The van der Waals surface area contributed by atoms with Gasteiger partial charge in [0.1, 0.15) is 11.5 Å². The number of hydrogen-bond donors (Lipinski definition) is 2. The number of terminal acetylenes is 1. The second-order valence-corrected chi connectivity index (χ2v) is 8.56. The number of nitrogens with zero attached hydrogens (tertiary/aromatic N) is 3. The number of nitrogens with one attached hydrogen (secondary N) is 2. The van der Waals surface area contributed by atoms with Crippen LogP contribution in [0.4, 0.5) is 8.78 Å². The Morgan fingerprint density at radius 2 is 2.00 bits per heavy atom. The lowest BCUT2D eigenvalue weighted by Crippen LogP contribution is -1.90. The Balaban J connectivity index is 1.65. The number of hydrogen-bond acceptors (Lipinski definition) is 4. The molecule has 0 spiro atoms. The van der Waals surface area contributed by atoms with Gasteiger partial charge in [0.2, 0.25) is 0 Å². The molecule has 5 rings (SSSR count). The number of aryl methyl sites for hydroxylation is 2. The zero-order chi connectivity index (χ0) is 23.1. The molecule has 0 aliphatic heterocycles. The minimum Gasteiger partial charge on any atom is -0.340 e. The van der Waals surface area contributed by atoms with Crippen molar-refractivity contribution < 1.29 is 8.78 Å². The molecular formula is C25H17F2N5S. The summed E-state index contributed by atoms with van der Waals surface area (Å²) >= 11 is 0.997. The van der Waals surface area contributed by atoms with Crippen molar-refractivity contribution in [1.29, 1.82) is 0 Å². The van der Waals surface area contributed by atoms with E-state index in [1.54, 1.807) is 30.6 Å². The van der Waals surface area contributed by atoms with Crippen LogP contribution in [0.5, 0.6) is 0 Å². The lowest BCUT2D eigenvalue weighted by atomic mass is 10.00. The summed E-state index contributed by atoms with van der Waals surface area (Å²) in [7, 11) is 0. The van der Waals surface area contributed by atoms with Crippen LogP contribution in [0.1, 0.15) is 21.8 Å². The number of rotatable bonds is 4. The Kier molecular flexibility index (Phi) is 5.11. The molecule has 4 heterocycles. The molecule has 0 amide bonds. The van der Waals surface area contributed by atoms with E-state index in [2.05, 4.69) is 26.1 Å². The fraction of sp³-hybridized carbons (Fsp3) is 0.0800. The van der Waals surface area contributed by atoms with Gasteiger partial charge in [0.25, 0.3) is 0 Å². The van der Waals surface area contributed by atoms with Crippen LogP contribution in [-0.2, 0) is 0 Å². The van der Waals surface area contributed by atoms with E-state index in [1.807, 2.05) is 19.9 Å². The van der Waals surface area contributed by atoms with E-state index in [0.29, 0.717) is 49.7 Å². The Morgan fingerprint density at radius 1 is 1.15 bits per heavy atom. The van der Waals surface area contributed by atoms with Crippen molar-refractivity contribution in [3.8, 4) is 35.0 Å². The summed E-state index contributed by atoms with van der Waals surface area (Å²) in [5.41, 5.74) is 5.14. The van der Waals surface area contributed by atoms with Crippen LogP contribution >= 0.6 is 11.3 Å². The SMILES string of the molecule is C#C/C=C(/c1ccc(F)s1)c1nc(-c2n[nH]c3cc(F)c(-c4cnccc4C)cc23)[nH]c1C. The van der Waals surface area contributed by atoms with Crippen molar-refractivity contribution in [3.63, 3.8) is 0 Å². The summed E-state index contributed by atoms with van der Waals surface area (Å²) in [6.07, 6.45) is 10.4. The van der Waals surface area contributed by atoms with Gasteiger partial charge in [0, 0.05) is 51.1 Å². The van der Waals surface area contributed by atoms with E-state index in [-0.39, 0.29) is 10.9 Å². The highest BCUT2D eigenvalue weighted by atomic mass is 32.1. The molecule has 33 heavy (non-hydrogen) atoms. The van der Waals surface area contributed by atoms with E-state index in [0.717, 1.165) is 22.6 Å². The average molecular weight is 458 g/mol. The van der Waals surface area contributed by atoms with Gasteiger partial charge in [-0.1, -0.05) is 5.92 Å². The van der Waals surface area contributed by atoms with Crippen LogP contribution < -0.4 is 0 Å². The maximum absolute atomic E-state index is 14.9. The van der Waals surface area contributed by atoms with Crippen LogP contribution in [0.2, 0.25) is 0 Å². The molecule has 0 fully saturated rings. The number of H-pyrrole nitrogens is 2. The van der Waals surface area contributed by atoms with Crippen LogP contribution in [-0.4, -0.2) is 25.1 Å². The van der Waals surface area contributed by atoms with Crippen molar-refractivity contribution >= 4 is 27.8 Å². The fourth-order valence-electron chi connectivity index (χ4n) is 3.80. The van der Waals surface area contributed by atoms with Gasteiger partial charge in [0.05, 0.1) is 11.2 Å². The van der Waals surface area contributed by atoms with Gasteiger partial charge in [-0.2, -0.15) is 9.49 Å². The zero-order valence-electron chi connectivity index (χ0n) is 17.7. The number of aromatic amines is 2. The summed E-state index contributed by atoms with van der Waals surface area (Å²) < 4.78 is 28.5. The second-order valence-electron chi connectivity index (χ2n) is 7.53. The Morgan fingerprint density at radius 3 is 2.73 bits per heavy atom. The normalized spacial score (nSPS) is 11.8. The molecule has 0 saturated carbocycles. The smallest absolute Gasteiger partial charge is 0.176 e. The zero-order valence-corrected chi connectivity index (χ0v) is 18.5. The van der Waals surface area contributed by atoms with Gasteiger partial charge in [-0.25, -0.2) is 9.37 Å². The van der Waals surface area contributed by atoms with Crippen LogP contribution in [0.15, 0.2) is 48.8 Å². The van der Waals surface area contributed by atoms with Gasteiger partial charge in [-0.3, -0.25) is 10.1 Å². The summed E-state index contributed by atoms with van der Waals surface area (Å²) in [6, 6.07) is 8.07. The fourth-order valence-corrected chi connectivity index (χ4v) is 4.55. The molecule has 5 aromatic rings. The van der Waals surface area contributed by atoms with Gasteiger partial charge in [-0.15, -0.1) is 17.8 Å². The van der Waals surface area contributed by atoms with Gasteiger partial charge >= 0.3 is 0 Å². The summed E-state index contributed by atoms with van der Waals surface area (Å²) in [4.78, 5) is 12.8. The predicted molar refractivity (Wildman–Crippen MR) is 127 cm³/mol. The highest BCUT2D eigenvalue weighted by molar-refractivity contribution is 7.11. The third-order valence-corrected chi connectivity index (χ3v) is 6.32. The van der Waals surface area contributed by atoms with Gasteiger partial charge in [0.15, 0.2) is 11.0 Å². The standard InChI is InChI=1S/C25H17F2N5S/c1-4-5-15(21-6-7-22(27)33-21)23-14(3)29-25(30-23)24-17-10-16(18-12-28-9-8-13(18)2)19(26)11-20(17)31-32-24/h1,5-12H,2-3H3,(H,29,30)(H,31,32)/b15-5-. The number of fused-ring (bicyclic) bond motifs is 1. The first-order valence-corrected chi connectivity index (χ1v) is 10.9. The maximum atomic E-state index is 14.9.